The van der Waals surface area contributed by atoms with Crippen LogP contribution in [-0.4, -0.2) is 42.7 Å². The van der Waals surface area contributed by atoms with Crippen LogP contribution in [0.4, 0.5) is 10.6 Å². The topological polar surface area (TPSA) is 141 Å². The lowest BCUT2D eigenvalue weighted by atomic mass is 10.2. The SMILES string of the molecule is NC(=O)CCn1cc(-c2cnc3ccc(NC(=O)NC4CCCC4)nc3n2)cn1. The van der Waals surface area contributed by atoms with Gasteiger partial charge in [0.2, 0.25) is 5.91 Å². The van der Waals surface area contributed by atoms with Crippen molar-refractivity contribution in [1.82, 2.24) is 30.0 Å². The van der Waals surface area contributed by atoms with Gasteiger partial charge < -0.3 is 11.1 Å². The standard InChI is InChI=1S/C19H22N8O2/c20-16(28)7-8-27-11-12(9-22-27)15-10-21-14-5-6-17(25-18(14)24-15)26-19(29)23-13-3-1-2-4-13/h5-6,9-11,13H,1-4,7-8H2,(H2,20,28)(H2,23,24,25,26,29). The molecule has 10 heteroatoms. The Kier molecular flexibility index (Phi) is 5.32. The van der Waals surface area contributed by atoms with Crippen molar-refractivity contribution < 1.29 is 9.59 Å². The fraction of sp³-hybridized carbons (Fsp3) is 0.368. The number of urea groups is 1. The first-order valence-electron chi connectivity index (χ1n) is 9.59. The normalized spacial score (nSPS) is 14.2. The number of aromatic nitrogens is 5. The third kappa shape index (κ3) is 4.65. The van der Waals surface area contributed by atoms with Gasteiger partial charge in [-0.15, -0.1) is 0 Å². The number of hydrogen-bond donors (Lipinski definition) is 3. The molecule has 10 nitrogen and oxygen atoms in total. The maximum absolute atomic E-state index is 12.2. The number of aryl methyl sites for hydroxylation is 1. The molecule has 3 amide bonds. The molecule has 1 aliphatic carbocycles. The molecule has 0 spiro atoms. The van der Waals surface area contributed by atoms with Crippen LogP contribution < -0.4 is 16.4 Å². The minimum Gasteiger partial charge on any atom is -0.370 e. The van der Waals surface area contributed by atoms with E-state index in [1.807, 2.05) is 0 Å². The summed E-state index contributed by atoms with van der Waals surface area (Å²) in [7, 11) is 0. The number of nitrogens with zero attached hydrogens (tertiary/aromatic N) is 5. The molecule has 4 rings (SSSR count). The largest absolute Gasteiger partial charge is 0.370 e. The number of rotatable bonds is 6. The first-order valence-corrected chi connectivity index (χ1v) is 9.59. The van der Waals surface area contributed by atoms with Crippen LogP contribution in [0, 0.1) is 0 Å². The predicted molar refractivity (Wildman–Crippen MR) is 107 cm³/mol. The van der Waals surface area contributed by atoms with Crippen molar-refractivity contribution in [2.75, 3.05) is 5.32 Å². The number of carbonyl (C=O) groups excluding carboxylic acids is 2. The molecule has 150 valence electrons. The van der Waals surface area contributed by atoms with Gasteiger partial charge in [0.1, 0.15) is 11.3 Å². The zero-order valence-corrected chi connectivity index (χ0v) is 15.8. The molecule has 1 saturated carbocycles. The van der Waals surface area contributed by atoms with Crippen molar-refractivity contribution in [3.8, 4) is 11.3 Å². The molecule has 29 heavy (non-hydrogen) atoms. The lowest BCUT2D eigenvalue weighted by molar-refractivity contribution is -0.118. The molecule has 4 N–H and O–H groups in total. The Balaban J connectivity index is 1.49. The van der Waals surface area contributed by atoms with Crippen LogP contribution in [-0.2, 0) is 11.3 Å². The lowest BCUT2D eigenvalue weighted by Gasteiger charge is -2.12. The van der Waals surface area contributed by atoms with E-state index < -0.39 is 0 Å². The van der Waals surface area contributed by atoms with Gasteiger partial charge in [-0.2, -0.15) is 5.10 Å². The molecule has 0 saturated heterocycles. The summed E-state index contributed by atoms with van der Waals surface area (Å²) in [4.78, 5) is 36.4. The highest BCUT2D eigenvalue weighted by atomic mass is 16.2. The summed E-state index contributed by atoms with van der Waals surface area (Å²) in [6, 6.07) is 3.43. The van der Waals surface area contributed by atoms with E-state index in [0.29, 0.717) is 29.2 Å². The molecule has 0 atom stereocenters. The van der Waals surface area contributed by atoms with Crippen LogP contribution in [0.25, 0.3) is 22.4 Å². The van der Waals surface area contributed by atoms with Crippen LogP contribution in [0.5, 0.6) is 0 Å². The van der Waals surface area contributed by atoms with Gasteiger partial charge in [0, 0.05) is 30.8 Å². The molecule has 3 aromatic rings. The van der Waals surface area contributed by atoms with Gasteiger partial charge in [0.25, 0.3) is 0 Å². The second-order valence-electron chi connectivity index (χ2n) is 7.08. The fourth-order valence-corrected chi connectivity index (χ4v) is 3.36. The quantitative estimate of drug-likeness (QED) is 0.582. The molecule has 0 radical (unpaired) electrons. The average Bonchev–Trinajstić information content (AvgIpc) is 3.37. The average molecular weight is 394 g/mol. The summed E-state index contributed by atoms with van der Waals surface area (Å²) in [5.74, 6) is 0.0327. The second-order valence-corrected chi connectivity index (χ2v) is 7.08. The number of carbonyl (C=O) groups is 2. The minimum atomic E-state index is -0.381. The van der Waals surface area contributed by atoms with Crippen LogP contribution in [0.15, 0.2) is 30.7 Å². The minimum absolute atomic E-state index is 0.212. The Morgan fingerprint density at radius 1 is 1.17 bits per heavy atom. The van der Waals surface area contributed by atoms with Crippen molar-refractivity contribution >= 4 is 28.9 Å². The van der Waals surface area contributed by atoms with Crippen molar-refractivity contribution in [3.63, 3.8) is 0 Å². The van der Waals surface area contributed by atoms with Gasteiger partial charge in [0.05, 0.1) is 18.1 Å². The third-order valence-corrected chi connectivity index (χ3v) is 4.86. The second kappa shape index (κ2) is 8.21. The Bertz CT molecular complexity index is 1040. The van der Waals surface area contributed by atoms with E-state index in [9.17, 15) is 9.59 Å². The molecule has 0 unspecified atom stereocenters. The number of nitrogens with one attached hydrogen (secondary N) is 2. The summed E-state index contributed by atoms with van der Waals surface area (Å²) in [5, 5.41) is 9.93. The van der Waals surface area contributed by atoms with Crippen molar-refractivity contribution in [1.29, 1.82) is 0 Å². The third-order valence-electron chi connectivity index (χ3n) is 4.86. The Labute approximate surface area is 166 Å². The van der Waals surface area contributed by atoms with E-state index in [1.54, 1.807) is 35.4 Å². The maximum Gasteiger partial charge on any atom is 0.320 e. The van der Waals surface area contributed by atoms with E-state index >= 15 is 0 Å². The highest BCUT2D eigenvalue weighted by molar-refractivity contribution is 5.89. The first-order chi connectivity index (χ1) is 14.1. The summed E-state index contributed by atoms with van der Waals surface area (Å²) in [6.07, 6.45) is 9.60. The first kappa shape index (κ1) is 18.8. The van der Waals surface area contributed by atoms with E-state index in [1.165, 1.54) is 0 Å². The van der Waals surface area contributed by atoms with Gasteiger partial charge in [0.15, 0.2) is 5.65 Å². The fourth-order valence-electron chi connectivity index (χ4n) is 3.36. The molecular weight excluding hydrogens is 372 g/mol. The molecule has 3 heterocycles. The number of anilines is 1. The molecule has 1 fully saturated rings. The van der Waals surface area contributed by atoms with E-state index in [-0.39, 0.29) is 24.4 Å². The smallest absolute Gasteiger partial charge is 0.320 e. The van der Waals surface area contributed by atoms with Gasteiger partial charge in [-0.1, -0.05) is 12.8 Å². The summed E-state index contributed by atoms with van der Waals surface area (Å²) in [5.41, 5.74) is 7.57. The maximum atomic E-state index is 12.2. The van der Waals surface area contributed by atoms with E-state index in [2.05, 4.69) is 30.7 Å². The molecule has 0 aliphatic heterocycles. The van der Waals surface area contributed by atoms with Gasteiger partial charge in [-0.05, 0) is 25.0 Å². The van der Waals surface area contributed by atoms with Gasteiger partial charge in [-0.3, -0.25) is 19.8 Å². The monoisotopic (exact) mass is 394 g/mol. The van der Waals surface area contributed by atoms with Gasteiger partial charge in [-0.25, -0.2) is 14.8 Å². The van der Waals surface area contributed by atoms with Crippen LogP contribution in [0.2, 0.25) is 0 Å². The van der Waals surface area contributed by atoms with Crippen LogP contribution in [0.3, 0.4) is 0 Å². The zero-order chi connectivity index (χ0) is 20.2. The number of amides is 3. The van der Waals surface area contributed by atoms with Crippen molar-refractivity contribution in [2.45, 2.75) is 44.7 Å². The number of hydrogen-bond acceptors (Lipinski definition) is 6. The van der Waals surface area contributed by atoms with E-state index in [0.717, 1.165) is 31.2 Å². The number of primary amides is 1. The zero-order valence-electron chi connectivity index (χ0n) is 15.8. The number of nitrogens with two attached hydrogens (primary N) is 1. The predicted octanol–water partition coefficient (Wildman–Crippen LogP) is 1.83. The van der Waals surface area contributed by atoms with Crippen LogP contribution >= 0.6 is 0 Å². The van der Waals surface area contributed by atoms with Crippen LogP contribution in [0.1, 0.15) is 32.1 Å². The summed E-state index contributed by atoms with van der Waals surface area (Å²) < 4.78 is 1.63. The van der Waals surface area contributed by atoms with Gasteiger partial charge >= 0.3 is 6.03 Å². The summed E-state index contributed by atoms with van der Waals surface area (Å²) >= 11 is 0. The van der Waals surface area contributed by atoms with Crippen molar-refractivity contribution in [3.05, 3.63) is 30.7 Å². The lowest BCUT2D eigenvalue weighted by Crippen LogP contribution is -2.36. The van der Waals surface area contributed by atoms with Crippen molar-refractivity contribution in [2.24, 2.45) is 5.73 Å². The Morgan fingerprint density at radius 2 is 2.00 bits per heavy atom. The molecule has 3 aromatic heterocycles. The highest BCUT2D eigenvalue weighted by Gasteiger charge is 2.17. The molecule has 1 aliphatic rings. The highest BCUT2D eigenvalue weighted by Crippen LogP contribution is 2.20. The molecular formula is C19H22N8O2. The Morgan fingerprint density at radius 3 is 2.79 bits per heavy atom. The number of pyridine rings is 1. The number of fused-ring (bicyclic) bond motifs is 1. The molecule has 0 bridgehead atoms. The van der Waals surface area contributed by atoms with E-state index in [4.69, 9.17) is 5.73 Å². The Hall–Kier alpha value is -3.56. The summed E-state index contributed by atoms with van der Waals surface area (Å²) in [6.45, 7) is 0.402. The molecule has 0 aromatic carbocycles.